The molecule has 2 rings (SSSR count). The molecule has 78 valence electrons. The maximum atomic E-state index is 4.42. The molecule has 1 aromatic carbocycles. The van der Waals surface area contributed by atoms with E-state index in [0.717, 1.165) is 18.6 Å². The number of pyridine rings is 1. The van der Waals surface area contributed by atoms with Gasteiger partial charge in [0.25, 0.3) is 0 Å². The van der Waals surface area contributed by atoms with E-state index in [0.29, 0.717) is 0 Å². The lowest BCUT2D eigenvalue weighted by Gasteiger charge is -2.04. The number of hydrogen-bond donors (Lipinski definition) is 1. The molecule has 0 amide bonds. The van der Waals surface area contributed by atoms with Crippen LogP contribution in [0.25, 0.3) is 10.9 Å². The van der Waals surface area contributed by atoms with Crippen molar-refractivity contribution in [2.24, 2.45) is 0 Å². The highest BCUT2D eigenvalue weighted by atomic mass is 14.8. The summed E-state index contributed by atoms with van der Waals surface area (Å²) in [5, 5.41) is 4.59. The maximum absolute atomic E-state index is 4.42. The third-order valence-corrected chi connectivity index (χ3v) is 2.40. The molecule has 0 fully saturated rings. The Morgan fingerprint density at radius 1 is 1.27 bits per heavy atom. The van der Waals surface area contributed by atoms with Crippen molar-refractivity contribution >= 4 is 10.9 Å². The van der Waals surface area contributed by atoms with Crippen LogP contribution in [0.2, 0.25) is 0 Å². The van der Waals surface area contributed by atoms with E-state index in [1.54, 1.807) is 0 Å². The highest BCUT2D eigenvalue weighted by Crippen LogP contribution is 2.12. The molecule has 1 aromatic heterocycles. The lowest BCUT2D eigenvalue weighted by atomic mass is 10.1. The van der Waals surface area contributed by atoms with E-state index in [1.807, 2.05) is 24.4 Å². The van der Waals surface area contributed by atoms with Gasteiger partial charge in [-0.2, -0.15) is 0 Å². The van der Waals surface area contributed by atoms with Crippen LogP contribution in [0.15, 0.2) is 36.5 Å². The molecule has 2 heteroatoms. The molecular weight excluding hydrogens is 184 g/mol. The fraction of sp³-hybridized carbons (Fsp3) is 0.308. The number of benzene rings is 1. The van der Waals surface area contributed by atoms with E-state index in [9.17, 15) is 0 Å². The smallest absolute Gasteiger partial charge is 0.0702 e. The van der Waals surface area contributed by atoms with Gasteiger partial charge in [0.1, 0.15) is 0 Å². The Kier molecular flexibility index (Phi) is 3.30. The SMILES string of the molecule is CCCNCc1cnc2ccccc2c1. The number of nitrogens with one attached hydrogen (secondary N) is 1. The summed E-state index contributed by atoms with van der Waals surface area (Å²) in [7, 11) is 0. The highest BCUT2D eigenvalue weighted by Gasteiger charge is 1.96. The Morgan fingerprint density at radius 2 is 2.13 bits per heavy atom. The molecule has 15 heavy (non-hydrogen) atoms. The number of rotatable bonds is 4. The van der Waals surface area contributed by atoms with Gasteiger partial charge in [-0.25, -0.2) is 0 Å². The molecule has 0 bridgehead atoms. The summed E-state index contributed by atoms with van der Waals surface area (Å²) in [6.45, 7) is 4.14. The minimum atomic E-state index is 0.908. The topological polar surface area (TPSA) is 24.9 Å². The summed E-state index contributed by atoms with van der Waals surface area (Å²) in [6.07, 6.45) is 3.12. The summed E-state index contributed by atoms with van der Waals surface area (Å²) < 4.78 is 0. The number of aromatic nitrogens is 1. The van der Waals surface area contributed by atoms with Gasteiger partial charge in [0.05, 0.1) is 5.52 Å². The maximum Gasteiger partial charge on any atom is 0.0702 e. The van der Waals surface area contributed by atoms with Crippen LogP contribution in [0.4, 0.5) is 0 Å². The molecule has 0 radical (unpaired) electrons. The molecule has 0 spiro atoms. The van der Waals surface area contributed by atoms with Crippen LogP contribution < -0.4 is 5.32 Å². The predicted molar refractivity (Wildman–Crippen MR) is 63.7 cm³/mol. The van der Waals surface area contributed by atoms with E-state index in [-0.39, 0.29) is 0 Å². The molecule has 1 heterocycles. The molecule has 2 nitrogen and oxygen atoms in total. The van der Waals surface area contributed by atoms with E-state index in [1.165, 1.54) is 17.4 Å². The Hall–Kier alpha value is -1.41. The fourth-order valence-corrected chi connectivity index (χ4v) is 1.62. The van der Waals surface area contributed by atoms with Gasteiger partial charge >= 0.3 is 0 Å². The first-order chi connectivity index (χ1) is 7.40. The third-order valence-electron chi connectivity index (χ3n) is 2.40. The van der Waals surface area contributed by atoms with Gasteiger partial charge < -0.3 is 5.32 Å². The molecule has 0 saturated carbocycles. The number of nitrogens with zero attached hydrogens (tertiary/aromatic N) is 1. The van der Waals surface area contributed by atoms with Gasteiger partial charge in [0.2, 0.25) is 0 Å². The third kappa shape index (κ3) is 2.54. The van der Waals surface area contributed by atoms with Crippen LogP contribution in [-0.2, 0) is 6.54 Å². The summed E-state index contributed by atoms with van der Waals surface area (Å²) in [5.74, 6) is 0. The van der Waals surface area contributed by atoms with Crippen LogP contribution in [0, 0.1) is 0 Å². The molecule has 0 aliphatic rings. The van der Waals surface area contributed by atoms with E-state index < -0.39 is 0 Å². The molecule has 0 saturated heterocycles. The van der Waals surface area contributed by atoms with Gasteiger partial charge in [0.15, 0.2) is 0 Å². The lowest BCUT2D eigenvalue weighted by molar-refractivity contribution is 0.674. The number of hydrogen-bond acceptors (Lipinski definition) is 2. The molecule has 0 atom stereocenters. The molecule has 0 aliphatic heterocycles. The summed E-state index contributed by atoms with van der Waals surface area (Å²) >= 11 is 0. The molecular formula is C13H16N2. The predicted octanol–water partition coefficient (Wildman–Crippen LogP) is 2.73. The van der Waals surface area contributed by atoms with Crippen LogP contribution in [-0.4, -0.2) is 11.5 Å². The number of fused-ring (bicyclic) bond motifs is 1. The van der Waals surface area contributed by atoms with Crippen molar-refractivity contribution < 1.29 is 0 Å². The van der Waals surface area contributed by atoms with Crippen molar-refractivity contribution in [3.05, 3.63) is 42.1 Å². The van der Waals surface area contributed by atoms with Crippen molar-refractivity contribution in [3.8, 4) is 0 Å². The van der Waals surface area contributed by atoms with Crippen molar-refractivity contribution in [2.45, 2.75) is 19.9 Å². The molecule has 0 aliphatic carbocycles. The fourth-order valence-electron chi connectivity index (χ4n) is 1.62. The molecule has 0 unspecified atom stereocenters. The first-order valence-electron chi connectivity index (χ1n) is 5.44. The van der Waals surface area contributed by atoms with Crippen molar-refractivity contribution in [3.63, 3.8) is 0 Å². The monoisotopic (exact) mass is 200 g/mol. The second-order valence-corrected chi connectivity index (χ2v) is 3.71. The van der Waals surface area contributed by atoms with Gasteiger partial charge in [-0.05, 0) is 30.7 Å². The lowest BCUT2D eigenvalue weighted by Crippen LogP contribution is -2.13. The Labute approximate surface area is 90.3 Å². The Bertz CT molecular complexity index is 437. The van der Waals surface area contributed by atoms with Crippen molar-refractivity contribution in [1.29, 1.82) is 0 Å². The largest absolute Gasteiger partial charge is 0.313 e. The zero-order chi connectivity index (χ0) is 10.5. The normalized spacial score (nSPS) is 10.7. The highest BCUT2D eigenvalue weighted by molar-refractivity contribution is 5.78. The minimum Gasteiger partial charge on any atom is -0.313 e. The Morgan fingerprint density at radius 3 is 3.00 bits per heavy atom. The van der Waals surface area contributed by atoms with E-state index in [2.05, 4.69) is 29.4 Å². The Balaban J connectivity index is 2.16. The zero-order valence-corrected chi connectivity index (χ0v) is 9.03. The van der Waals surface area contributed by atoms with Gasteiger partial charge in [-0.15, -0.1) is 0 Å². The van der Waals surface area contributed by atoms with Gasteiger partial charge in [-0.1, -0.05) is 25.1 Å². The first-order valence-corrected chi connectivity index (χ1v) is 5.44. The van der Waals surface area contributed by atoms with Crippen molar-refractivity contribution in [2.75, 3.05) is 6.54 Å². The minimum absolute atomic E-state index is 0.908. The van der Waals surface area contributed by atoms with Crippen molar-refractivity contribution in [1.82, 2.24) is 10.3 Å². The standard InChI is InChI=1S/C13H16N2/c1-2-7-14-9-11-8-12-5-3-4-6-13(12)15-10-11/h3-6,8,10,14H,2,7,9H2,1H3. The van der Waals surface area contributed by atoms with Crippen LogP contribution in [0.1, 0.15) is 18.9 Å². The molecule has 2 aromatic rings. The second kappa shape index (κ2) is 4.89. The number of para-hydroxylation sites is 1. The van der Waals surface area contributed by atoms with E-state index >= 15 is 0 Å². The molecule has 1 N–H and O–H groups in total. The van der Waals surface area contributed by atoms with Gasteiger partial charge in [-0.3, -0.25) is 4.98 Å². The summed E-state index contributed by atoms with van der Waals surface area (Å²) in [5.41, 5.74) is 2.32. The second-order valence-electron chi connectivity index (χ2n) is 3.71. The summed E-state index contributed by atoms with van der Waals surface area (Å²) in [6, 6.07) is 10.4. The zero-order valence-electron chi connectivity index (χ0n) is 9.03. The van der Waals surface area contributed by atoms with Gasteiger partial charge in [0, 0.05) is 18.1 Å². The van der Waals surface area contributed by atoms with E-state index in [4.69, 9.17) is 0 Å². The van der Waals surface area contributed by atoms with Crippen LogP contribution >= 0.6 is 0 Å². The summed E-state index contributed by atoms with van der Waals surface area (Å²) in [4.78, 5) is 4.42. The average molecular weight is 200 g/mol. The first kappa shape index (κ1) is 10.1. The van der Waals surface area contributed by atoms with Crippen LogP contribution in [0.5, 0.6) is 0 Å². The quantitative estimate of drug-likeness (QED) is 0.768. The average Bonchev–Trinajstić information content (AvgIpc) is 2.29. The van der Waals surface area contributed by atoms with Crippen LogP contribution in [0.3, 0.4) is 0 Å².